The predicted octanol–water partition coefficient (Wildman–Crippen LogP) is 3.17. The van der Waals surface area contributed by atoms with E-state index >= 15 is 0 Å². The summed E-state index contributed by atoms with van der Waals surface area (Å²) < 4.78 is 30.0. The van der Waals surface area contributed by atoms with E-state index in [1.807, 2.05) is 5.32 Å². The van der Waals surface area contributed by atoms with Crippen molar-refractivity contribution in [2.75, 3.05) is 0 Å². The number of rotatable bonds is 5. The summed E-state index contributed by atoms with van der Waals surface area (Å²) in [5, 5.41) is 4.57. The van der Waals surface area contributed by atoms with Crippen molar-refractivity contribution in [1.82, 2.24) is 10.6 Å². The van der Waals surface area contributed by atoms with Gasteiger partial charge >= 0.3 is 12.0 Å². The third kappa shape index (κ3) is 7.51. The Morgan fingerprint density at radius 1 is 1.16 bits per heavy atom. The number of nitrogens with one attached hydrogen (secondary N) is 2. The second kappa shape index (κ2) is 8.80. The number of alkyl halides is 2. The smallest absolute Gasteiger partial charge is 0.340 e. The minimum absolute atomic E-state index is 0.0422. The van der Waals surface area contributed by atoms with Crippen LogP contribution in [0.2, 0.25) is 0 Å². The fraction of sp³-hybridized carbons (Fsp3) is 0.438. The molecular formula is C16H20F2N2O4S. The van der Waals surface area contributed by atoms with Crippen LogP contribution >= 0.6 is 11.8 Å². The number of thioether (sulfide) groups is 1. The van der Waals surface area contributed by atoms with Crippen molar-refractivity contribution in [3.8, 4) is 0 Å². The molecule has 25 heavy (non-hydrogen) atoms. The van der Waals surface area contributed by atoms with Crippen molar-refractivity contribution in [3.05, 3.63) is 29.8 Å². The molecule has 0 fully saturated rings. The summed E-state index contributed by atoms with van der Waals surface area (Å²) in [5.74, 6) is -4.45. The maximum absolute atomic E-state index is 12.5. The van der Waals surface area contributed by atoms with E-state index < -0.39 is 35.3 Å². The van der Waals surface area contributed by atoms with Crippen LogP contribution in [0.3, 0.4) is 0 Å². The average molecular weight is 374 g/mol. The van der Waals surface area contributed by atoms with Gasteiger partial charge in [-0.15, -0.1) is 0 Å². The number of hydrogen-bond acceptors (Lipinski definition) is 5. The van der Waals surface area contributed by atoms with Crippen molar-refractivity contribution in [1.29, 1.82) is 0 Å². The Labute approximate surface area is 148 Å². The highest BCUT2D eigenvalue weighted by Gasteiger charge is 2.24. The molecule has 0 radical (unpaired) electrons. The van der Waals surface area contributed by atoms with Gasteiger partial charge in [0.15, 0.2) is 6.10 Å². The summed E-state index contributed by atoms with van der Waals surface area (Å²) in [5.41, 5.74) is -0.623. The van der Waals surface area contributed by atoms with E-state index in [2.05, 4.69) is 5.32 Å². The van der Waals surface area contributed by atoms with Gasteiger partial charge < -0.3 is 10.1 Å². The largest absolute Gasteiger partial charge is 0.449 e. The van der Waals surface area contributed by atoms with E-state index in [1.54, 1.807) is 20.8 Å². The average Bonchev–Trinajstić information content (AvgIpc) is 2.44. The molecule has 0 saturated carbocycles. The number of carbonyl (C=O) groups is 3. The molecule has 6 nitrogen and oxygen atoms in total. The van der Waals surface area contributed by atoms with Crippen LogP contribution in [0, 0.1) is 0 Å². The molecule has 9 heteroatoms. The van der Waals surface area contributed by atoms with Gasteiger partial charge in [-0.25, -0.2) is 9.59 Å². The van der Waals surface area contributed by atoms with Crippen LogP contribution < -0.4 is 10.6 Å². The Hall–Kier alpha value is -2.16. The minimum Gasteiger partial charge on any atom is -0.449 e. The lowest BCUT2D eigenvalue weighted by atomic mass is 10.1. The number of benzene rings is 1. The topological polar surface area (TPSA) is 84.5 Å². The lowest BCUT2D eigenvalue weighted by Crippen LogP contribution is -2.50. The van der Waals surface area contributed by atoms with Gasteiger partial charge in [0.2, 0.25) is 0 Å². The normalized spacial score (nSPS) is 12.4. The first-order valence-corrected chi connectivity index (χ1v) is 8.25. The monoisotopic (exact) mass is 374 g/mol. The van der Waals surface area contributed by atoms with E-state index in [-0.39, 0.29) is 22.2 Å². The molecule has 0 unspecified atom stereocenters. The summed E-state index contributed by atoms with van der Waals surface area (Å²) in [6, 6.07) is 4.95. The third-order valence-corrected chi connectivity index (χ3v) is 3.49. The SMILES string of the molecule is C[C@@H](OC(=O)c1ccccc1SC(F)F)C(=O)NC(=O)NC(C)(C)C. The number of hydrogen-bond donors (Lipinski definition) is 2. The lowest BCUT2D eigenvalue weighted by molar-refractivity contribution is -0.127. The molecule has 0 aromatic heterocycles. The Balaban J connectivity index is 2.71. The lowest BCUT2D eigenvalue weighted by Gasteiger charge is -2.21. The molecule has 1 aromatic rings. The maximum atomic E-state index is 12.5. The molecule has 2 N–H and O–H groups in total. The number of ether oxygens (including phenoxy) is 1. The molecule has 0 aliphatic heterocycles. The van der Waals surface area contributed by atoms with E-state index in [0.717, 1.165) is 0 Å². The van der Waals surface area contributed by atoms with E-state index in [9.17, 15) is 23.2 Å². The number of esters is 1. The van der Waals surface area contributed by atoms with Gasteiger partial charge in [0.05, 0.1) is 5.56 Å². The van der Waals surface area contributed by atoms with Crippen molar-refractivity contribution in [2.45, 2.75) is 50.0 Å². The minimum atomic E-state index is -2.70. The zero-order chi connectivity index (χ0) is 19.2. The summed E-state index contributed by atoms with van der Waals surface area (Å²) in [6.07, 6.45) is -1.28. The van der Waals surface area contributed by atoms with Crippen LogP contribution in [0.1, 0.15) is 38.1 Å². The Bertz CT molecular complexity index is 647. The second-order valence-electron chi connectivity index (χ2n) is 6.12. The fourth-order valence-corrected chi connectivity index (χ4v) is 2.32. The summed E-state index contributed by atoms with van der Waals surface area (Å²) in [7, 11) is 0. The van der Waals surface area contributed by atoms with Crippen molar-refractivity contribution >= 4 is 29.7 Å². The Morgan fingerprint density at radius 2 is 1.76 bits per heavy atom. The quantitative estimate of drug-likeness (QED) is 0.611. The van der Waals surface area contributed by atoms with Gasteiger partial charge in [-0.05, 0) is 39.8 Å². The molecule has 0 aliphatic carbocycles. The van der Waals surface area contributed by atoms with E-state index in [1.165, 1.54) is 31.2 Å². The highest BCUT2D eigenvalue weighted by molar-refractivity contribution is 7.99. The van der Waals surface area contributed by atoms with Gasteiger partial charge in [0.1, 0.15) is 0 Å². The highest BCUT2D eigenvalue weighted by Crippen LogP contribution is 2.28. The summed E-state index contributed by atoms with van der Waals surface area (Å²) in [6.45, 7) is 6.48. The van der Waals surface area contributed by atoms with Gasteiger partial charge in [-0.3, -0.25) is 10.1 Å². The van der Waals surface area contributed by atoms with Crippen molar-refractivity contribution < 1.29 is 27.9 Å². The first kappa shape index (κ1) is 20.9. The summed E-state index contributed by atoms with van der Waals surface area (Å²) in [4.78, 5) is 35.7. The first-order valence-electron chi connectivity index (χ1n) is 7.37. The molecule has 0 bridgehead atoms. The second-order valence-corrected chi connectivity index (χ2v) is 7.15. The molecule has 0 saturated heterocycles. The van der Waals surface area contributed by atoms with Crippen LogP contribution in [0.15, 0.2) is 29.2 Å². The predicted molar refractivity (Wildman–Crippen MR) is 89.6 cm³/mol. The van der Waals surface area contributed by atoms with Crippen molar-refractivity contribution in [3.63, 3.8) is 0 Å². The number of amides is 3. The molecule has 138 valence electrons. The van der Waals surface area contributed by atoms with Crippen LogP contribution in [-0.2, 0) is 9.53 Å². The molecule has 1 aromatic carbocycles. The Kier molecular flexibility index (Phi) is 7.35. The highest BCUT2D eigenvalue weighted by atomic mass is 32.2. The molecule has 0 spiro atoms. The van der Waals surface area contributed by atoms with Crippen LogP contribution in [0.25, 0.3) is 0 Å². The van der Waals surface area contributed by atoms with E-state index in [4.69, 9.17) is 4.74 Å². The number of urea groups is 1. The third-order valence-electron chi connectivity index (χ3n) is 2.70. The van der Waals surface area contributed by atoms with E-state index in [0.29, 0.717) is 0 Å². The van der Waals surface area contributed by atoms with Crippen LogP contribution in [-0.4, -0.2) is 35.3 Å². The van der Waals surface area contributed by atoms with Crippen LogP contribution in [0.5, 0.6) is 0 Å². The Morgan fingerprint density at radius 3 is 2.32 bits per heavy atom. The molecular weight excluding hydrogens is 354 g/mol. The molecule has 0 aliphatic rings. The molecule has 1 atom stereocenters. The van der Waals surface area contributed by atoms with Gasteiger partial charge in [0.25, 0.3) is 11.7 Å². The zero-order valence-corrected chi connectivity index (χ0v) is 15.1. The fourth-order valence-electron chi connectivity index (χ4n) is 1.70. The van der Waals surface area contributed by atoms with Crippen molar-refractivity contribution in [2.24, 2.45) is 0 Å². The number of halogens is 2. The molecule has 3 amide bonds. The summed E-state index contributed by atoms with van der Waals surface area (Å²) >= 11 is 0.207. The van der Waals surface area contributed by atoms with Crippen LogP contribution in [0.4, 0.5) is 13.6 Å². The zero-order valence-electron chi connectivity index (χ0n) is 14.3. The van der Waals surface area contributed by atoms with Gasteiger partial charge in [0, 0.05) is 10.4 Å². The van der Waals surface area contributed by atoms with Gasteiger partial charge in [-0.2, -0.15) is 8.78 Å². The number of carbonyl (C=O) groups excluding carboxylic acids is 3. The maximum Gasteiger partial charge on any atom is 0.340 e. The van der Waals surface area contributed by atoms with Gasteiger partial charge in [-0.1, -0.05) is 23.9 Å². The molecule has 1 rings (SSSR count). The first-order chi connectivity index (χ1) is 11.5. The number of imide groups is 1. The molecule has 0 heterocycles. The standard InChI is InChI=1S/C16H20F2N2O4S/c1-9(12(21)19-15(23)20-16(2,3)4)24-13(22)10-7-5-6-8-11(10)25-14(17)18/h5-9,14H,1-4H3,(H2,19,20,21,23)/t9-/m1/s1.